The largest absolute Gasteiger partial charge is 0.490 e. The van der Waals surface area contributed by atoms with Gasteiger partial charge in [0.2, 0.25) is 5.91 Å². The van der Waals surface area contributed by atoms with Crippen molar-refractivity contribution in [1.29, 1.82) is 0 Å². The smallest absolute Gasteiger partial charge is 0.227 e. The molecule has 1 fully saturated rings. The number of nitrogens with zero attached hydrogens (tertiary/aromatic N) is 1. The lowest BCUT2D eigenvalue weighted by atomic mass is 10.0. The van der Waals surface area contributed by atoms with E-state index in [1.165, 1.54) is 5.39 Å². The molecule has 0 bridgehead atoms. The second-order valence-electron chi connectivity index (χ2n) is 7.39. The Labute approximate surface area is 172 Å². The van der Waals surface area contributed by atoms with Gasteiger partial charge in [-0.05, 0) is 35.4 Å². The fourth-order valence-electron chi connectivity index (χ4n) is 3.95. The third kappa shape index (κ3) is 4.53. The van der Waals surface area contributed by atoms with Gasteiger partial charge in [-0.15, -0.1) is 0 Å². The van der Waals surface area contributed by atoms with Crippen LogP contribution in [0.5, 0.6) is 11.5 Å². The second kappa shape index (κ2) is 8.99. The van der Waals surface area contributed by atoms with Crippen molar-refractivity contribution in [1.82, 2.24) is 4.90 Å². The topological polar surface area (TPSA) is 38.8 Å². The van der Waals surface area contributed by atoms with Crippen molar-refractivity contribution in [2.24, 2.45) is 0 Å². The molecule has 3 aromatic carbocycles. The summed E-state index contributed by atoms with van der Waals surface area (Å²) in [5.41, 5.74) is 1.09. The summed E-state index contributed by atoms with van der Waals surface area (Å²) in [6, 6.07) is 22.2. The highest BCUT2D eigenvalue weighted by atomic mass is 16.5. The van der Waals surface area contributed by atoms with Crippen LogP contribution < -0.4 is 9.47 Å². The SMILES string of the molecule is CCOc1ccccc1OC1CCN(C(=O)Cc2cccc3ccccc23)CC1. The summed E-state index contributed by atoms with van der Waals surface area (Å²) in [6.07, 6.45) is 2.22. The van der Waals surface area contributed by atoms with Crippen molar-refractivity contribution in [2.75, 3.05) is 19.7 Å². The van der Waals surface area contributed by atoms with Crippen LogP contribution in [0.15, 0.2) is 66.7 Å². The van der Waals surface area contributed by atoms with E-state index in [0.29, 0.717) is 13.0 Å². The van der Waals surface area contributed by atoms with Crippen LogP contribution in [0, 0.1) is 0 Å². The average Bonchev–Trinajstić information content (AvgIpc) is 2.76. The lowest BCUT2D eigenvalue weighted by molar-refractivity contribution is -0.132. The van der Waals surface area contributed by atoms with Crippen LogP contribution >= 0.6 is 0 Å². The van der Waals surface area contributed by atoms with Crippen molar-refractivity contribution < 1.29 is 14.3 Å². The first kappa shape index (κ1) is 19.3. The molecule has 0 atom stereocenters. The highest BCUT2D eigenvalue weighted by Gasteiger charge is 2.25. The van der Waals surface area contributed by atoms with E-state index >= 15 is 0 Å². The number of carbonyl (C=O) groups is 1. The molecule has 0 unspecified atom stereocenters. The highest BCUT2D eigenvalue weighted by molar-refractivity contribution is 5.90. The molecule has 29 heavy (non-hydrogen) atoms. The average molecular weight is 389 g/mol. The van der Waals surface area contributed by atoms with Gasteiger partial charge in [-0.2, -0.15) is 0 Å². The van der Waals surface area contributed by atoms with E-state index in [9.17, 15) is 4.79 Å². The number of para-hydroxylation sites is 2. The van der Waals surface area contributed by atoms with Gasteiger partial charge in [0, 0.05) is 25.9 Å². The van der Waals surface area contributed by atoms with Crippen molar-refractivity contribution in [2.45, 2.75) is 32.3 Å². The molecule has 1 amide bonds. The maximum Gasteiger partial charge on any atom is 0.227 e. The van der Waals surface area contributed by atoms with Gasteiger partial charge < -0.3 is 14.4 Å². The number of fused-ring (bicyclic) bond motifs is 1. The Hall–Kier alpha value is -3.01. The quantitative estimate of drug-likeness (QED) is 0.605. The summed E-state index contributed by atoms with van der Waals surface area (Å²) >= 11 is 0. The van der Waals surface area contributed by atoms with E-state index in [4.69, 9.17) is 9.47 Å². The van der Waals surface area contributed by atoms with Gasteiger partial charge >= 0.3 is 0 Å². The molecule has 0 aromatic heterocycles. The van der Waals surface area contributed by atoms with Crippen molar-refractivity contribution in [3.8, 4) is 11.5 Å². The van der Waals surface area contributed by atoms with Crippen LogP contribution in [0.4, 0.5) is 0 Å². The molecule has 4 nitrogen and oxygen atoms in total. The molecule has 1 aliphatic heterocycles. The number of ether oxygens (including phenoxy) is 2. The Morgan fingerprint density at radius 2 is 1.62 bits per heavy atom. The maximum atomic E-state index is 12.9. The second-order valence-corrected chi connectivity index (χ2v) is 7.39. The van der Waals surface area contributed by atoms with E-state index in [1.54, 1.807) is 0 Å². The number of rotatable bonds is 6. The first-order valence-electron chi connectivity index (χ1n) is 10.4. The van der Waals surface area contributed by atoms with Crippen LogP contribution in [-0.4, -0.2) is 36.6 Å². The van der Waals surface area contributed by atoms with Crippen LogP contribution in [0.2, 0.25) is 0 Å². The maximum absolute atomic E-state index is 12.9. The number of benzene rings is 3. The molecule has 1 aliphatic rings. The molecule has 1 saturated heterocycles. The van der Waals surface area contributed by atoms with Gasteiger partial charge in [0.1, 0.15) is 6.10 Å². The molecular weight excluding hydrogens is 362 g/mol. The number of likely N-dealkylation sites (tertiary alicyclic amines) is 1. The standard InChI is InChI=1S/C25H27NO3/c1-2-28-23-12-5-6-13-24(23)29-21-14-16-26(17-15-21)25(27)18-20-10-7-9-19-8-3-4-11-22(19)20/h3-13,21H,2,14-18H2,1H3. The molecule has 0 radical (unpaired) electrons. The minimum Gasteiger partial charge on any atom is -0.490 e. The van der Waals surface area contributed by atoms with Crippen LogP contribution in [0.3, 0.4) is 0 Å². The molecule has 0 aliphatic carbocycles. The summed E-state index contributed by atoms with van der Waals surface area (Å²) in [5, 5.41) is 2.34. The molecule has 4 heteroatoms. The monoisotopic (exact) mass is 389 g/mol. The lowest BCUT2D eigenvalue weighted by Gasteiger charge is -2.32. The molecule has 1 heterocycles. The predicted molar refractivity (Wildman–Crippen MR) is 115 cm³/mol. The van der Waals surface area contributed by atoms with Crippen LogP contribution in [0.25, 0.3) is 10.8 Å². The Morgan fingerprint density at radius 1 is 0.931 bits per heavy atom. The summed E-state index contributed by atoms with van der Waals surface area (Å²) in [4.78, 5) is 14.8. The zero-order chi connectivity index (χ0) is 20.1. The van der Waals surface area contributed by atoms with Crippen molar-refractivity contribution in [3.05, 3.63) is 72.3 Å². The predicted octanol–water partition coefficient (Wildman–Crippen LogP) is 4.85. The van der Waals surface area contributed by atoms with Crippen molar-refractivity contribution >= 4 is 16.7 Å². The van der Waals surface area contributed by atoms with Gasteiger partial charge in [0.05, 0.1) is 13.0 Å². The summed E-state index contributed by atoms with van der Waals surface area (Å²) in [6.45, 7) is 4.04. The third-order valence-electron chi connectivity index (χ3n) is 5.46. The molecular formula is C25H27NO3. The Bertz CT molecular complexity index is 971. The van der Waals surface area contributed by atoms with Crippen LogP contribution in [0.1, 0.15) is 25.3 Å². The molecule has 0 N–H and O–H groups in total. The Morgan fingerprint density at radius 3 is 2.41 bits per heavy atom. The number of amides is 1. The summed E-state index contributed by atoms with van der Waals surface area (Å²) in [7, 11) is 0. The molecule has 4 rings (SSSR count). The van der Waals surface area contributed by atoms with E-state index in [2.05, 4.69) is 24.3 Å². The zero-order valence-electron chi connectivity index (χ0n) is 16.8. The van der Waals surface area contributed by atoms with Crippen molar-refractivity contribution in [3.63, 3.8) is 0 Å². The Balaban J connectivity index is 1.35. The number of piperidine rings is 1. The lowest BCUT2D eigenvalue weighted by Crippen LogP contribution is -2.42. The van der Waals surface area contributed by atoms with E-state index in [-0.39, 0.29) is 12.0 Å². The number of hydrogen-bond donors (Lipinski definition) is 0. The molecule has 0 spiro atoms. The highest BCUT2D eigenvalue weighted by Crippen LogP contribution is 2.29. The van der Waals surface area contributed by atoms with Gasteiger partial charge in [-0.25, -0.2) is 0 Å². The van der Waals surface area contributed by atoms with Gasteiger partial charge in [-0.3, -0.25) is 4.79 Å². The third-order valence-corrected chi connectivity index (χ3v) is 5.46. The van der Waals surface area contributed by atoms with Gasteiger partial charge in [-0.1, -0.05) is 54.6 Å². The van der Waals surface area contributed by atoms with E-state index in [1.807, 2.05) is 54.3 Å². The van der Waals surface area contributed by atoms with E-state index in [0.717, 1.165) is 48.4 Å². The van der Waals surface area contributed by atoms with Gasteiger partial charge in [0.15, 0.2) is 11.5 Å². The Kier molecular flexibility index (Phi) is 5.99. The normalized spacial score (nSPS) is 14.7. The fourth-order valence-corrected chi connectivity index (χ4v) is 3.95. The summed E-state index contributed by atoms with van der Waals surface area (Å²) < 4.78 is 11.8. The molecule has 3 aromatic rings. The molecule has 150 valence electrons. The van der Waals surface area contributed by atoms with Gasteiger partial charge in [0.25, 0.3) is 0 Å². The first-order valence-corrected chi connectivity index (χ1v) is 10.4. The number of hydrogen-bond acceptors (Lipinski definition) is 3. The first-order chi connectivity index (χ1) is 14.2. The fraction of sp³-hybridized carbons (Fsp3) is 0.320. The minimum absolute atomic E-state index is 0.109. The minimum atomic E-state index is 0.109. The summed E-state index contributed by atoms with van der Waals surface area (Å²) in [5.74, 6) is 1.76. The van der Waals surface area contributed by atoms with Crippen LogP contribution in [-0.2, 0) is 11.2 Å². The number of carbonyl (C=O) groups excluding carboxylic acids is 1. The molecule has 0 saturated carbocycles. The van der Waals surface area contributed by atoms with E-state index < -0.39 is 0 Å². The zero-order valence-corrected chi connectivity index (χ0v) is 16.8.